The van der Waals surface area contributed by atoms with Crippen LogP contribution in [-0.2, 0) is 0 Å². The van der Waals surface area contributed by atoms with Crippen molar-refractivity contribution in [2.45, 2.75) is 20.8 Å². The third-order valence-corrected chi connectivity index (χ3v) is 5.78. The maximum absolute atomic E-state index is 13.0. The van der Waals surface area contributed by atoms with Gasteiger partial charge in [-0.15, -0.1) is 11.3 Å². The topological polar surface area (TPSA) is 119 Å². The van der Waals surface area contributed by atoms with Gasteiger partial charge in [0.1, 0.15) is 33.8 Å². The van der Waals surface area contributed by atoms with Crippen LogP contribution >= 0.6 is 11.3 Å². The van der Waals surface area contributed by atoms with Crippen LogP contribution in [0.25, 0.3) is 28.1 Å². The maximum atomic E-state index is 13.0. The molecule has 0 radical (unpaired) electrons. The van der Waals surface area contributed by atoms with Crippen LogP contribution in [0.1, 0.15) is 27.3 Å². The summed E-state index contributed by atoms with van der Waals surface area (Å²) in [6, 6.07) is 3.45. The highest BCUT2D eigenvalue weighted by Gasteiger charge is 2.32. The lowest BCUT2D eigenvalue weighted by Crippen LogP contribution is -2.13. The maximum Gasteiger partial charge on any atom is 0.260 e. The number of carbonyl (C=O) groups excluding carboxylic acids is 1. The predicted molar refractivity (Wildman–Crippen MR) is 108 cm³/mol. The number of anilines is 2. The molecular formula is C19H16N6O2S. The number of thiazole rings is 1. The van der Waals surface area contributed by atoms with Crippen molar-refractivity contribution >= 4 is 39.1 Å². The molecule has 140 valence electrons. The first kappa shape index (κ1) is 16.7. The molecule has 4 N–H and O–H groups in total. The van der Waals surface area contributed by atoms with Crippen molar-refractivity contribution in [2.75, 3.05) is 11.1 Å². The van der Waals surface area contributed by atoms with Crippen LogP contribution in [0.4, 0.5) is 10.8 Å². The normalized spacial score (nSPS) is 12.8. The summed E-state index contributed by atoms with van der Waals surface area (Å²) >= 11 is 1.34. The Morgan fingerprint density at radius 1 is 1.18 bits per heavy atom. The fourth-order valence-corrected chi connectivity index (χ4v) is 4.45. The molecule has 0 unspecified atom stereocenters. The largest absolute Gasteiger partial charge is 0.508 e. The van der Waals surface area contributed by atoms with Crippen LogP contribution in [0.3, 0.4) is 0 Å². The summed E-state index contributed by atoms with van der Waals surface area (Å²) in [5, 5.41) is 14.3. The number of hydrogen-bond acceptors (Lipinski definition) is 7. The Morgan fingerprint density at radius 3 is 2.75 bits per heavy atom. The number of nitrogens with zero attached hydrogens (tertiary/aromatic N) is 4. The van der Waals surface area contributed by atoms with Crippen LogP contribution in [-0.4, -0.2) is 30.5 Å². The van der Waals surface area contributed by atoms with E-state index in [1.165, 1.54) is 11.3 Å². The van der Waals surface area contributed by atoms with Crippen molar-refractivity contribution in [2.24, 2.45) is 0 Å². The lowest BCUT2D eigenvalue weighted by Gasteiger charge is -2.16. The molecule has 1 aromatic carbocycles. The molecule has 4 aromatic rings. The monoisotopic (exact) mass is 392 g/mol. The number of aromatic nitrogens is 4. The van der Waals surface area contributed by atoms with Crippen molar-refractivity contribution in [3.05, 3.63) is 40.2 Å². The van der Waals surface area contributed by atoms with Crippen molar-refractivity contribution in [1.82, 2.24) is 19.5 Å². The number of hydrogen-bond donors (Lipinski definition) is 3. The number of benzene rings is 1. The fraction of sp³-hybridized carbons (Fsp3) is 0.158. The zero-order chi connectivity index (χ0) is 19.7. The highest BCUT2D eigenvalue weighted by molar-refractivity contribution is 7.14. The minimum absolute atomic E-state index is 0.146. The van der Waals surface area contributed by atoms with Gasteiger partial charge < -0.3 is 16.2 Å². The van der Waals surface area contributed by atoms with E-state index in [-0.39, 0.29) is 17.5 Å². The number of phenolic OH excluding ortho intramolecular Hbond substituents is 1. The van der Waals surface area contributed by atoms with E-state index < -0.39 is 0 Å². The van der Waals surface area contributed by atoms with Gasteiger partial charge in [-0.2, -0.15) is 0 Å². The second kappa shape index (κ2) is 5.52. The molecule has 5 rings (SSSR count). The number of nitrogen functional groups attached to an aromatic ring is 1. The van der Waals surface area contributed by atoms with E-state index in [2.05, 4.69) is 20.3 Å². The molecule has 0 fully saturated rings. The fourth-order valence-electron chi connectivity index (χ4n) is 3.77. The van der Waals surface area contributed by atoms with Crippen LogP contribution in [0, 0.1) is 20.8 Å². The summed E-state index contributed by atoms with van der Waals surface area (Å²) < 4.78 is 1.73. The van der Waals surface area contributed by atoms with E-state index in [1.807, 2.05) is 19.9 Å². The number of nitrogens with one attached hydrogen (secondary N) is 1. The highest BCUT2D eigenvalue weighted by Crippen LogP contribution is 2.43. The van der Waals surface area contributed by atoms with Crippen LogP contribution < -0.4 is 11.1 Å². The number of nitrogens with two attached hydrogens (primary N) is 1. The molecule has 9 heteroatoms. The average molecular weight is 392 g/mol. The third kappa shape index (κ3) is 2.04. The lowest BCUT2D eigenvalue weighted by atomic mass is 10.1. The average Bonchev–Trinajstić information content (AvgIpc) is 3.18. The van der Waals surface area contributed by atoms with Crippen molar-refractivity contribution in [1.29, 1.82) is 0 Å². The first-order valence-electron chi connectivity index (χ1n) is 8.61. The smallest absolute Gasteiger partial charge is 0.260 e. The van der Waals surface area contributed by atoms with Crippen LogP contribution in [0.15, 0.2) is 17.6 Å². The molecule has 28 heavy (non-hydrogen) atoms. The zero-order valence-electron chi connectivity index (χ0n) is 15.4. The van der Waals surface area contributed by atoms with Crippen molar-refractivity contribution < 1.29 is 9.90 Å². The Morgan fingerprint density at radius 2 is 1.96 bits per heavy atom. The lowest BCUT2D eigenvalue weighted by molar-refractivity contribution is 0.102. The first-order chi connectivity index (χ1) is 13.4. The van der Waals surface area contributed by atoms with E-state index in [0.29, 0.717) is 50.1 Å². The molecule has 1 aliphatic rings. The molecule has 0 bridgehead atoms. The van der Waals surface area contributed by atoms with Gasteiger partial charge in [-0.05, 0) is 32.4 Å². The molecule has 0 saturated carbocycles. The van der Waals surface area contributed by atoms with Gasteiger partial charge in [-0.25, -0.2) is 15.0 Å². The van der Waals surface area contributed by atoms with Gasteiger partial charge in [-0.3, -0.25) is 9.36 Å². The van der Waals surface area contributed by atoms with Gasteiger partial charge in [0.25, 0.3) is 5.91 Å². The Bertz CT molecular complexity index is 1320. The number of carbonyl (C=O) groups is 1. The molecule has 1 aliphatic heterocycles. The van der Waals surface area contributed by atoms with E-state index >= 15 is 0 Å². The molecule has 1 amide bonds. The molecule has 8 nitrogen and oxygen atoms in total. The first-order valence-corrected chi connectivity index (χ1v) is 9.49. The van der Waals surface area contributed by atoms with Crippen molar-refractivity contribution in [3.8, 4) is 22.8 Å². The van der Waals surface area contributed by atoms with Gasteiger partial charge in [0.2, 0.25) is 0 Å². The third-order valence-electron chi connectivity index (χ3n) is 5.03. The van der Waals surface area contributed by atoms with Crippen LogP contribution in [0.2, 0.25) is 0 Å². The molecule has 3 aromatic heterocycles. The minimum Gasteiger partial charge on any atom is -0.508 e. The minimum atomic E-state index is -0.326. The number of aryl methyl sites for hydroxylation is 2. The van der Waals surface area contributed by atoms with Gasteiger partial charge >= 0.3 is 0 Å². The van der Waals surface area contributed by atoms with Gasteiger partial charge in [0.05, 0.1) is 22.1 Å². The summed E-state index contributed by atoms with van der Waals surface area (Å²) in [5.41, 5.74) is 12.4. The quantitative estimate of drug-likeness (QED) is 0.457. The van der Waals surface area contributed by atoms with Gasteiger partial charge in [0.15, 0.2) is 5.65 Å². The van der Waals surface area contributed by atoms with E-state index in [4.69, 9.17) is 5.73 Å². The summed E-state index contributed by atoms with van der Waals surface area (Å²) in [5.74, 6) is 0.610. The van der Waals surface area contributed by atoms with E-state index in [9.17, 15) is 9.90 Å². The molecule has 0 spiro atoms. The summed E-state index contributed by atoms with van der Waals surface area (Å²) in [7, 11) is 0. The second-order valence-electron chi connectivity index (χ2n) is 6.77. The molecule has 4 heterocycles. The van der Waals surface area contributed by atoms with Gasteiger partial charge in [0, 0.05) is 5.56 Å². The number of amides is 1. The molecule has 0 aliphatic carbocycles. The second-order valence-corrected chi connectivity index (χ2v) is 7.63. The molecule has 0 atom stereocenters. The Hall–Kier alpha value is -3.46. The van der Waals surface area contributed by atoms with Crippen LogP contribution in [0.5, 0.6) is 5.75 Å². The SMILES string of the molecule is Cc1nc2c3c(c(N)n(-c4c(C)ccc(O)c4C)c3n1)C(=O)Nc1scnc1-2. The number of aromatic hydroxyl groups is 1. The Kier molecular flexibility index (Phi) is 3.29. The van der Waals surface area contributed by atoms with E-state index in [1.54, 1.807) is 23.1 Å². The Labute approximate surface area is 163 Å². The molecular weight excluding hydrogens is 376 g/mol. The number of phenols is 1. The summed E-state index contributed by atoms with van der Waals surface area (Å²) in [6.07, 6.45) is 0. The Balaban J connectivity index is 2.01. The number of fused-ring (bicyclic) bond motifs is 2. The standard InChI is InChI=1S/C19H16N6O2S/c1-7-4-5-10(26)8(2)15(7)25-16(20)12-11-13(22-9(3)23-17(11)25)14-19(24-18(12)27)28-6-21-14/h4-6,26H,20H2,1-3H3,(H,24,27). The molecule has 0 saturated heterocycles. The highest BCUT2D eigenvalue weighted by atomic mass is 32.1. The van der Waals surface area contributed by atoms with E-state index in [0.717, 1.165) is 5.56 Å². The predicted octanol–water partition coefficient (Wildman–Crippen LogP) is 3.32. The number of rotatable bonds is 1. The van der Waals surface area contributed by atoms with Gasteiger partial charge in [-0.1, -0.05) is 6.07 Å². The summed E-state index contributed by atoms with van der Waals surface area (Å²) in [6.45, 7) is 5.52. The zero-order valence-corrected chi connectivity index (χ0v) is 16.2. The van der Waals surface area contributed by atoms with Crippen molar-refractivity contribution in [3.63, 3.8) is 0 Å². The summed E-state index contributed by atoms with van der Waals surface area (Å²) in [4.78, 5) is 26.6.